The van der Waals surface area contributed by atoms with Gasteiger partial charge in [-0.25, -0.2) is 9.59 Å². The van der Waals surface area contributed by atoms with Crippen LogP contribution in [0.4, 0.5) is 5.69 Å². The lowest BCUT2D eigenvalue weighted by Gasteiger charge is -2.07. The highest BCUT2D eigenvalue weighted by molar-refractivity contribution is 5.93. The number of benzene rings is 2. The minimum absolute atomic E-state index is 0.0974. The summed E-state index contributed by atoms with van der Waals surface area (Å²) in [5.41, 5.74) is 2.17. The van der Waals surface area contributed by atoms with Gasteiger partial charge in [-0.1, -0.05) is 12.1 Å². The monoisotopic (exact) mass is 353 g/mol. The molecule has 0 spiro atoms. The quantitative estimate of drug-likeness (QED) is 0.713. The minimum Gasteiger partial charge on any atom is -0.462 e. The summed E-state index contributed by atoms with van der Waals surface area (Å²) in [5, 5.41) is 2.73. The molecule has 0 aliphatic carbocycles. The van der Waals surface area contributed by atoms with Crippen molar-refractivity contribution in [3.05, 3.63) is 64.6 Å². The van der Waals surface area contributed by atoms with Gasteiger partial charge in [0.1, 0.15) is 6.54 Å². The second-order valence-corrected chi connectivity index (χ2v) is 5.76. The second kappa shape index (κ2) is 7.26. The highest BCUT2D eigenvalue weighted by Gasteiger charge is 2.13. The van der Waals surface area contributed by atoms with Crippen molar-refractivity contribution in [2.45, 2.75) is 13.5 Å². The van der Waals surface area contributed by atoms with E-state index in [1.165, 1.54) is 9.13 Å². The summed E-state index contributed by atoms with van der Waals surface area (Å²) >= 11 is 0. The van der Waals surface area contributed by atoms with E-state index in [1.54, 1.807) is 44.3 Å². The van der Waals surface area contributed by atoms with Crippen molar-refractivity contribution in [1.82, 2.24) is 9.13 Å². The van der Waals surface area contributed by atoms with Crippen molar-refractivity contribution < 1.29 is 14.3 Å². The largest absolute Gasteiger partial charge is 0.462 e. The van der Waals surface area contributed by atoms with Gasteiger partial charge in [0.2, 0.25) is 5.91 Å². The van der Waals surface area contributed by atoms with Crippen LogP contribution in [0, 0.1) is 0 Å². The van der Waals surface area contributed by atoms with Gasteiger partial charge in [0.25, 0.3) is 0 Å². The van der Waals surface area contributed by atoms with E-state index in [4.69, 9.17) is 4.74 Å². The molecule has 0 saturated carbocycles. The number of aryl methyl sites for hydroxylation is 1. The van der Waals surface area contributed by atoms with E-state index in [9.17, 15) is 14.4 Å². The second-order valence-electron chi connectivity index (χ2n) is 5.76. The van der Waals surface area contributed by atoms with Crippen LogP contribution in [-0.2, 0) is 23.1 Å². The Balaban J connectivity index is 1.75. The molecular weight excluding hydrogens is 334 g/mol. The van der Waals surface area contributed by atoms with E-state index in [-0.39, 0.29) is 18.1 Å². The van der Waals surface area contributed by atoms with Crippen LogP contribution in [0.1, 0.15) is 17.3 Å². The first kappa shape index (κ1) is 17.5. The van der Waals surface area contributed by atoms with Crippen molar-refractivity contribution in [2.24, 2.45) is 7.05 Å². The summed E-state index contributed by atoms with van der Waals surface area (Å²) < 4.78 is 7.86. The van der Waals surface area contributed by atoms with Crippen molar-refractivity contribution in [1.29, 1.82) is 0 Å². The molecule has 0 saturated heterocycles. The molecule has 2 aromatic carbocycles. The third kappa shape index (κ3) is 3.37. The fourth-order valence-electron chi connectivity index (χ4n) is 2.76. The lowest BCUT2D eigenvalue weighted by Crippen LogP contribution is -2.28. The maximum Gasteiger partial charge on any atom is 0.338 e. The smallest absolute Gasteiger partial charge is 0.338 e. The molecule has 0 atom stereocenters. The van der Waals surface area contributed by atoms with Crippen LogP contribution in [0.3, 0.4) is 0 Å². The zero-order chi connectivity index (χ0) is 18.7. The number of fused-ring (bicyclic) bond motifs is 1. The van der Waals surface area contributed by atoms with Crippen LogP contribution in [0.15, 0.2) is 53.3 Å². The molecule has 7 heteroatoms. The number of aromatic nitrogens is 2. The van der Waals surface area contributed by atoms with E-state index in [1.807, 2.05) is 18.2 Å². The Morgan fingerprint density at radius 1 is 1.04 bits per heavy atom. The van der Waals surface area contributed by atoms with E-state index in [0.29, 0.717) is 23.4 Å². The van der Waals surface area contributed by atoms with Gasteiger partial charge in [0.05, 0.1) is 23.2 Å². The Bertz CT molecular complexity index is 1020. The third-order valence-corrected chi connectivity index (χ3v) is 4.03. The summed E-state index contributed by atoms with van der Waals surface area (Å²) in [6, 6.07) is 13.7. The van der Waals surface area contributed by atoms with Crippen LogP contribution in [-0.4, -0.2) is 27.6 Å². The van der Waals surface area contributed by atoms with E-state index >= 15 is 0 Å². The number of ether oxygens (including phenoxy) is 1. The molecule has 1 aromatic heterocycles. The molecule has 134 valence electrons. The van der Waals surface area contributed by atoms with Gasteiger partial charge < -0.3 is 10.1 Å². The van der Waals surface area contributed by atoms with Crippen molar-refractivity contribution in [2.75, 3.05) is 11.9 Å². The van der Waals surface area contributed by atoms with E-state index in [2.05, 4.69) is 5.32 Å². The Morgan fingerprint density at radius 3 is 2.35 bits per heavy atom. The Morgan fingerprint density at radius 2 is 1.69 bits per heavy atom. The Hall–Kier alpha value is -3.35. The number of esters is 1. The molecule has 1 heterocycles. The molecule has 1 amide bonds. The predicted octanol–water partition coefficient (Wildman–Crippen LogP) is 2.16. The van der Waals surface area contributed by atoms with Gasteiger partial charge in [-0.15, -0.1) is 0 Å². The lowest BCUT2D eigenvalue weighted by molar-refractivity contribution is -0.116. The number of hydrogen-bond acceptors (Lipinski definition) is 4. The third-order valence-electron chi connectivity index (χ3n) is 4.03. The Labute approximate surface area is 149 Å². The molecule has 0 bridgehead atoms. The number of imidazole rings is 1. The minimum atomic E-state index is -0.410. The average Bonchev–Trinajstić information content (AvgIpc) is 2.88. The van der Waals surface area contributed by atoms with Gasteiger partial charge in [-0.2, -0.15) is 0 Å². The van der Waals surface area contributed by atoms with Gasteiger partial charge in [0, 0.05) is 12.7 Å². The first-order chi connectivity index (χ1) is 12.5. The SMILES string of the molecule is CCOC(=O)c1ccc(NC(=O)Cn2c(=O)n(C)c3ccccc32)cc1. The number of amides is 1. The summed E-state index contributed by atoms with van der Waals surface area (Å²) in [4.78, 5) is 36.3. The molecule has 3 aromatic rings. The van der Waals surface area contributed by atoms with E-state index in [0.717, 1.165) is 5.52 Å². The highest BCUT2D eigenvalue weighted by Crippen LogP contribution is 2.13. The first-order valence-electron chi connectivity index (χ1n) is 8.22. The number of rotatable bonds is 5. The molecule has 26 heavy (non-hydrogen) atoms. The molecule has 1 N–H and O–H groups in total. The fraction of sp³-hybridized carbons (Fsp3) is 0.211. The van der Waals surface area contributed by atoms with Crippen molar-refractivity contribution >= 4 is 28.6 Å². The molecule has 0 radical (unpaired) electrons. The number of anilines is 1. The number of nitrogens with zero attached hydrogens (tertiary/aromatic N) is 2. The van der Waals surface area contributed by atoms with Crippen LogP contribution in [0.2, 0.25) is 0 Å². The van der Waals surface area contributed by atoms with E-state index < -0.39 is 5.97 Å². The van der Waals surface area contributed by atoms with Crippen molar-refractivity contribution in [3.63, 3.8) is 0 Å². The summed E-state index contributed by atoms with van der Waals surface area (Å²) in [6.45, 7) is 1.94. The molecule has 0 aliphatic rings. The number of nitrogens with one attached hydrogen (secondary N) is 1. The van der Waals surface area contributed by atoms with Crippen LogP contribution in [0.5, 0.6) is 0 Å². The standard InChI is InChI=1S/C19H19N3O4/c1-3-26-18(24)13-8-10-14(11-9-13)20-17(23)12-22-16-7-5-4-6-15(16)21(2)19(22)25/h4-11H,3,12H2,1-2H3,(H,20,23). The maximum absolute atomic E-state index is 12.4. The Kier molecular flexibility index (Phi) is 4.88. The first-order valence-corrected chi connectivity index (χ1v) is 8.22. The lowest BCUT2D eigenvalue weighted by atomic mass is 10.2. The van der Waals surface area contributed by atoms with Crippen LogP contribution < -0.4 is 11.0 Å². The molecule has 3 rings (SSSR count). The fourth-order valence-corrected chi connectivity index (χ4v) is 2.76. The number of carbonyl (C=O) groups excluding carboxylic acids is 2. The zero-order valence-electron chi connectivity index (χ0n) is 14.6. The highest BCUT2D eigenvalue weighted by atomic mass is 16.5. The maximum atomic E-state index is 12.4. The zero-order valence-corrected chi connectivity index (χ0v) is 14.6. The molecule has 0 unspecified atom stereocenters. The topological polar surface area (TPSA) is 82.3 Å². The molecule has 0 fully saturated rings. The number of carbonyl (C=O) groups is 2. The summed E-state index contributed by atoms with van der Waals surface area (Å²) in [5.74, 6) is -0.736. The van der Waals surface area contributed by atoms with Crippen molar-refractivity contribution in [3.8, 4) is 0 Å². The summed E-state index contributed by atoms with van der Waals surface area (Å²) in [7, 11) is 1.67. The van der Waals surface area contributed by atoms with Crippen LogP contribution in [0.25, 0.3) is 11.0 Å². The normalized spacial score (nSPS) is 10.7. The molecule has 7 nitrogen and oxygen atoms in total. The number of para-hydroxylation sites is 2. The molecule has 0 aliphatic heterocycles. The van der Waals surface area contributed by atoms with Gasteiger partial charge in [-0.05, 0) is 43.3 Å². The van der Waals surface area contributed by atoms with Crippen LogP contribution >= 0.6 is 0 Å². The number of hydrogen-bond donors (Lipinski definition) is 1. The predicted molar refractivity (Wildman–Crippen MR) is 98.2 cm³/mol. The van der Waals surface area contributed by atoms with Gasteiger partial charge in [0.15, 0.2) is 0 Å². The average molecular weight is 353 g/mol. The van der Waals surface area contributed by atoms with Gasteiger partial charge in [-0.3, -0.25) is 13.9 Å². The van der Waals surface area contributed by atoms with Gasteiger partial charge >= 0.3 is 11.7 Å². The molecular formula is C19H19N3O4. The summed E-state index contributed by atoms with van der Waals surface area (Å²) in [6.07, 6.45) is 0.